The summed E-state index contributed by atoms with van der Waals surface area (Å²) < 4.78 is 0. The summed E-state index contributed by atoms with van der Waals surface area (Å²) in [6.07, 6.45) is 2.57. The van der Waals surface area contributed by atoms with Crippen LogP contribution >= 0.6 is 11.6 Å². The summed E-state index contributed by atoms with van der Waals surface area (Å²) >= 11 is 5.88. The first-order chi connectivity index (χ1) is 12.5. The van der Waals surface area contributed by atoms with Crippen LogP contribution in [0.15, 0.2) is 48.7 Å². The van der Waals surface area contributed by atoms with Gasteiger partial charge in [0.2, 0.25) is 11.8 Å². The van der Waals surface area contributed by atoms with Crippen LogP contribution in [0.4, 0.5) is 0 Å². The first-order valence-corrected chi connectivity index (χ1v) is 9.12. The number of hydrogen-bond donors (Lipinski definition) is 1. The van der Waals surface area contributed by atoms with Gasteiger partial charge in [0.25, 0.3) is 0 Å². The average Bonchev–Trinajstić information content (AvgIpc) is 3.04. The lowest BCUT2D eigenvalue weighted by molar-refractivity contribution is -0.138. The normalized spacial score (nSPS) is 19.4. The summed E-state index contributed by atoms with van der Waals surface area (Å²) in [4.78, 5) is 31.2. The maximum atomic E-state index is 12.7. The molecule has 0 bridgehead atoms. The third-order valence-electron chi connectivity index (χ3n) is 4.57. The lowest BCUT2D eigenvalue weighted by Crippen LogP contribution is -2.46. The largest absolute Gasteiger partial charge is 0.350 e. The van der Waals surface area contributed by atoms with Crippen LogP contribution in [0.3, 0.4) is 0 Å². The smallest absolute Gasteiger partial charge is 0.243 e. The number of pyridine rings is 1. The highest BCUT2D eigenvalue weighted by molar-refractivity contribution is 6.30. The minimum atomic E-state index is -0.423. The zero-order valence-corrected chi connectivity index (χ0v) is 15.4. The van der Waals surface area contributed by atoms with Crippen LogP contribution in [-0.4, -0.2) is 34.3 Å². The van der Waals surface area contributed by atoms with Gasteiger partial charge in [-0.3, -0.25) is 14.6 Å². The van der Waals surface area contributed by atoms with Gasteiger partial charge in [-0.1, -0.05) is 36.7 Å². The van der Waals surface area contributed by atoms with Crippen LogP contribution in [0, 0.1) is 5.92 Å². The summed E-state index contributed by atoms with van der Waals surface area (Å²) in [6.45, 7) is 3.08. The lowest BCUT2D eigenvalue weighted by atomic mass is 10.1. The van der Waals surface area contributed by atoms with E-state index in [4.69, 9.17) is 11.6 Å². The van der Waals surface area contributed by atoms with E-state index in [-0.39, 0.29) is 18.2 Å². The van der Waals surface area contributed by atoms with Gasteiger partial charge in [-0.05, 0) is 42.2 Å². The fourth-order valence-electron chi connectivity index (χ4n) is 3.24. The second kappa shape index (κ2) is 8.32. The van der Waals surface area contributed by atoms with E-state index in [1.54, 1.807) is 23.2 Å². The van der Waals surface area contributed by atoms with Crippen molar-refractivity contribution < 1.29 is 9.59 Å². The van der Waals surface area contributed by atoms with Crippen LogP contribution in [0.5, 0.6) is 0 Å². The topological polar surface area (TPSA) is 62.3 Å². The number of carbonyl (C=O) groups is 2. The molecule has 3 rings (SSSR count). The molecule has 6 heteroatoms. The van der Waals surface area contributed by atoms with Gasteiger partial charge in [0.15, 0.2) is 0 Å². The van der Waals surface area contributed by atoms with E-state index < -0.39 is 6.04 Å². The second-order valence-electron chi connectivity index (χ2n) is 6.74. The molecule has 1 fully saturated rings. The predicted molar refractivity (Wildman–Crippen MR) is 101 cm³/mol. The Kier molecular flexibility index (Phi) is 5.89. The first kappa shape index (κ1) is 18.4. The maximum Gasteiger partial charge on any atom is 0.243 e. The van der Waals surface area contributed by atoms with Crippen LogP contribution in [0.2, 0.25) is 5.02 Å². The van der Waals surface area contributed by atoms with Gasteiger partial charge in [-0.2, -0.15) is 0 Å². The average molecular weight is 372 g/mol. The Hall–Kier alpha value is -2.40. The highest BCUT2D eigenvalue weighted by Crippen LogP contribution is 2.24. The Morgan fingerprint density at radius 1 is 1.23 bits per heavy atom. The molecule has 0 spiro atoms. The minimum Gasteiger partial charge on any atom is -0.350 e. The molecular weight excluding hydrogens is 350 g/mol. The van der Waals surface area contributed by atoms with E-state index in [9.17, 15) is 9.59 Å². The molecule has 1 aliphatic rings. The summed E-state index contributed by atoms with van der Waals surface area (Å²) in [6, 6.07) is 12.4. The quantitative estimate of drug-likeness (QED) is 0.879. The maximum absolute atomic E-state index is 12.7. The van der Waals surface area contributed by atoms with Crippen LogP contribution in [0.1, 0.15) is 24.6 Å². The molecule has 1 N–H and O–H groups in total. The van der Waals surface area contributed by atoms with Gasteiger partial charge in [0.05, 0.1) is 6.42 Å². The van der Waals surface area contributed by atoms with Gasteiger partial charge in [-0.15, -0.1) is 0 Å². The summed E-state index contributed by atoms with van der Waals surface area (Å²) in [5, 5.41) is 3.60. The predicted octanol–water partition coefficient (Wildman–Crippen LogP) is 2.83. The molecule has 1 aliphatic heterocycles. The molecule has 0 saturated carbocycles. The number of nitrogens with one attached hydrogen (secondary N) is 1. The zero-order chi connectivity index (χ0) is 18.5. The number of halogens is 1. The van der Waals surface area contributed by atoms with Crippen LogP contribution < -0.4 is 5.32 Å². The van der Waals surface area contributed by atoms with Gasteiger partial charge in [0.1, 0.15) is 6.04 Å². The lowest BCUT2D eigenvalue weighted by Gasteiger charge is -2.24. The third kappa shape index (κ3) is 4.61. The molecule has 2 amide bonds. The Morgan fingerprint density at radius 2 is 2.00 bits per heavy atom. The number of hydrogen-bond acceptors (Lipinski definition) is 3. The molecule has 2 heterocycles. The number of rotatable bonds is 5. The number of nitrogens with zero attached hydrogens (tertiary/aromatic N) is 2. The minimum absolute atomic E-state index is 0.0558. The van der Waals surface area contributed by atoms with Crippen molar-refractivity contribution in [3.8, 4) is 0 Å². The van der Waals surface area contributed by atoms with Crippen molar-refractivity contribution in [1.82, 2.24) is 15.2 Å². The summed E-state index contributed by atoms with van der Waals surface area (Å²) in [5.74, 6) is 0.132. The van der Waals surface area contributed by atoms with Crippen molar-refractivity contribution in [2.45, 2.75) is 32.4 Å². The Balaban J connectivity index is 1.61. The molecule has 2 atom stereocenters. The number of aromatic nitrogens is 1. The highest BCUT2D eigenvalue weighted by atomic mass is 35.5. The van der Waals surface area contributed by atoms with E-state index in [1.807, 2.05) is 30.3 Å². The van der Waals surface area contributed by atoms with E-state index in [0.29, 0.717) is 30.5 Å². The number of amides is 2. The molecule has 2 unspecified atom stereocenters. The molecule has 1 aromatic carbocycles. The monoisotopic (exact) mass is 371 g/mol. The fraction of sp³-hybridized carbons (Fsp3) is 0.350. The van der Waals surface area contributed by atoms with E-state index in [2.05, 4.69) is 17.2 Å². The first-order valence-electron chi connectivity index (χ1n) is 8.74. The van der Waals surface area contributed by atoms with Crippen molar-refractivity contribution in [3.05, 3.63) is 64.9 Å². The molecule has 136 valence electrons. The SMILES string of the molecule is CC1CC(C(=O)NCc2ccc(Cl)cc2)N(C(=O)Cc2ccccn2)C1. The fourth-order valence-corrected chi connectivity index (χ4v) is 3.36. The standard InChI is InChI=1S/C20H22ClN3O2/c1-14-10-18(20(26)23-12-15-5-7-16(21)8-6-15)24(13-14)19(25)11-17-4-2-3-9-22-17/h2-9,14,18H,10-13H2,1H3,(H,23,26). The van der Waals surface area contributed by atoms with Gasteiger partial charge < -0.3 is 10.2 Å². The second-order valence-corrected chi connectivity index (χ2v) is 7.18. The van der Waals surface area contributed by atoms with Crippen molar-refractivity contribution in [1.29, 1.82) is 0 Å². The zero-order valence-electron chi connectivity index (χ0n) is 14.7. The molecule has 26 heavy (non-hydrogen) atoms. The van der Waals surface area contributed by atoms with Crippen molar-refractivity contribution >= 4 is 23.4 Å². The molecule has 2 aromatic rings. The molecular formula is C20H22ClN3O2. The number of likely N-dealkylation sites (tertiary alicyclic amines) is 1. The van der Waals surface area contributed by atoms with Crippen molar-refractivity contribution in [2.24, 2.45) is 5.92 Å². The third-order valence-corrected chi connectivity index (χ3v) is 4.82. The molecule has 0 radical (unpaired) electrons. The molecule has 1 saturated heterocycles. The van der Waals surface area contributed by atoms with Gasteiger partial charge in [-0.25, -0.2) is 0 Å². The number of benzene rings is 1. The molecule has 1 aromatic heterocycles. The summed E-state index contributed by atoms with van der Waals surface area (Å²) in [5.41, 5.74) is 1.69. The Bertz CT molecular complexity index is 764. The van der Waals surface area contributed by atoms with Gasteiger partial charge in [0, 0.05) is 30.0 Å². The highest BCUT2D eigenvalue weighted by Gasteiger charge is 2.37. The molecule has 5 nitrogen and oxygen atoms in total. The van der Waals surface area contributed by atoms with E-state index in [1.165, 1.54) is 0 Å². The molecule has 0 aliphatic carbocycles. The van der Waals surface area contributed by atoms with Crippen LogP contribution in [0.25, 0.3) is 0 Å². The van der Waals surface area contributed by atoms with E-state index >= 15 is 0 Å². The van der Waals surface area contributed by atoms with E-state index in [0.717, 1.165) is 11.3 Å². The Morgan fingerprint density at radius 3 is 2.69 bits per heavy atom. The van der Waals surface area contributed by atoms with Crippen molar-refractivity contribution in [2.75, 3.05) is 6.54 Å². The van der Waals surface area contributed by atoms with Gasteiger partial charge >= 0.3 is 0 Å². The van der Waals surface area contributed by atoms with Crippen LogP contribution in [-0.2, 0) is 22.6 Å². The van der Waals surface area contributed by atoms with Crippen molar-refractivity contribution in [3.63, 3.8) is 0 Å². The number of carbonyl (C=O) groups excluding carboxylic acids is 2. The Labute approximate surface area is 158 Å². The summed E-state index contributed by atoms with van der Waals surface area (Å²) in [7, 11) is 0.